The lowest BCUT2D eigenvalue weighted by Gasteiger charge is -2.21. The number of nitrogen functional groups attached to an aromatic ring is 1. The predicted octanol–water partition coefficient (Wildman–Crippen LogP) is 2.16. The second-order valence-corrected chi connectivity index (χ2v) is 9.74. The summed E-state index contributed by atoms with van der Waals surface area (Å²) in [5.74, 6) is -0.382. The highest BCUT2D eigenvalue weighted by molar-refractivity contribution is 7.89. The number of hydrogen-bond donors (Lipinski definition) is 2. The van der Waals surface area contributed by atoms with Crippen molar-refractivity contribution in [3.63, 3.8) is 0 Å². The first-order valence-corrected chi connectivity index (χ1v) is 12.4. The van der Waals surface area contributed by atoms with Crippen LogP contribution in [0.15, 0.2) is 71.9 Å². The number of hydrogen-bond acceptors (Lipinski definition) is 10. The number of esters is 1. The number of aromatic nitrogens is 3. The number of nitrogens with two attached hydrogens (primary N) is 1. The maximum Gasteiger partial charge on any atom is 0.321 e. The van der Waals surface area contributed by atoms with Gasteiger partial charge in [-0.3, -0.25) is 14.9 Å². The zero-order valence-electron chi connectivity index (χ0n) is 19.6. The van der Waals surface area contributed by atoms with Crippen molar-refractivity contribution in [2.24, 2.45) is 0 Å². The second kappa shape index (κ2) is 10.6. The molecular formula is C23H23N7O6S. The van der Waals surface area contributed by atoms with E-state index in [9.17, 15) is 23.3 Å². The fourth-order valence-corrected chi connectivity index (χ4v) is 5.19. The maximum atomic E-state index is 13.3. The number of sulfonamides is 1. The number of fused-ring (bicyclic) bond motifs is 1. The molecule has 3 N–H and O–H groups in total. The first-order valence-electron chi connectivity index (χ1n) is 11.0. The molecule has 0 aliphatic carbocycles. The highest BCUT2D eigenvalue weighted by Gasteiger charge is 2.32. The summed E-state index contributed by atoms with van der Waals surface area (Å²) >= 11 is 0. The Kier molecular flexibility index (Phi) is 7.31. The van der Waals surface area contributed by atoms with Crippen LogP contribution in [0.2, 0.25) is 0 Å². The molecule has 2 aromatic carbocycles. The van der Waals surface area contributed by atoms with Gasteiger partial charge in [0.05, 0.1) is 18.2 Å². The average molecular weight is 526 g/mol. The van der Waals surface area contributed by atoms with Gasteiger partial charge in [0, 0.05) is 36.6 Å². The molecule has 0 bridgehead atoms. The van der Waals surface area contributed by atoms with E-state index in [-0.39, 0.29) is 13.1 Å². The van der Waals surface area contributed by atoms with Gasteiger partial charge in [-0.05, 0) is 29.8 Å². The second-order valence-electron chi connectivity index (χ2n) is 7.83. The Morgan fingerprint density at radius 1 is 1.22 bits per heavy atom. The summed E-state index contributed by atoms with van der Waals surface area (Å²) in [5, 5.41) is 18.7. The van der Waals surface area contributed by atoms with Crippen molar-refractivity contribution in [3.8, 4) is 11.1 Å². The quantitative estimate of drug-likeness (QED) is 0.135. The number of anilines is 2. The molecule has 0 radical (unpaired) electrons. The number of para-hydroxylation sites is 1. The summed E-state index contributed by atoms with van der Waals surface area (Å²) in [6, 6.07) is 13.9. The van der Waals surface area contributed by atoms with Gasteiger partial charge in [0.2, 0.25) is 0 Å². The number of nitrogens with zero attached hydrogens (tertiary/aromatic N) is 5. The number of nitro groups is 1. The summed E-state index contributed by atoms with van der Waals surface area (Å²) < 4.78 is 33.6. The minimum atomic E-state index is -4.40. The minimum Gasteiger partial charge on any atom is -0.468 e. The van der Waals surface area contributed by atoms with Crippen LogP contribution in [0.25, 0.3) is 16.8 Å². The lowest BCUT2D eigenvalue weighted by molar-refractivity contribution is -0.387. The zero-order valence-corrected chi connectivity index (χ0v) is 20.5. The molecule has 0 fully saturated rings. The lowest BCUT2D eigenvalue weighted by Crippen LogP contribution is -2.39. The van der Waals surface area contributed by atoms with E-state index in [1.54, 1.807) is 35.1 Å². The van der Waals surface area contributed by atoms with Crippen molar-refractivity contribution < 1.29 is 22.9 Å². The van der Waals surface area contributed by atoms with Gasteiger partial charge in [0.1, 0.15) is 12.4 Å². The van der Waals surface area contributed by atoms with Gasteiger partial charge >= 0.3 is 5.97 Å². The van der Waals surface area contributed by atoms with Crippen LogP contribution < -0.4 is 11.1 Å². The molecule has 192 valence electrons. The van der Waals surface area contributed by atoms with E-state index in [1.807, 2.05) is 12.1 Å². The van der Waals surface area contributed by atoms with Crippen LogP contribution in [0.1, 0.15) is 0 Å². The first kappa shape index (κ1) is 25.5. The lowest BCUT2D eigenvalue weighted by atomic mass is 10.1. The minimum absolute atomic E-state index is 0.0434. The van der Waals surface area contributed by atoms with E-state index in [1.165, 1.54) is 12.1 Å². The Hall–Kier alpha value is -4.56. The molecule has 14 heteroatoms. The number of ether oxygens (including phenoxy) is 1. The van der Waals surface area contributed by atoms with Crippen molar-refractivity contribution in [2.75, 3.05) is 37.8 Å². The Bertz CT molecular complexity index is 1570. The van der Waals surface area contributed by atoms with Crippen molar-refractivity contribution in [2.45, 2.75) is 4.90 Å². The van der Waals surface area contributed by atoms with E-state index in [2.05, 4.69) is 20.1 Å². The molecule has 0 aliphatic rings. The normalized spacial score (nSPS) is 11.5. The Morgan fingerprint density at radius 2 is 2.00 bits per heavy atom. The van der Waals surface area contributed by atoms with Gasteiger partial charge in [0.25, 0.3) is 15.7 Å². The highest BCUT2D eigenvalue weighted by atomic mass is 32.2. The van der Waals surface area contributed by atoms with Crippen molar-refractivity contribution in [1.82, 2.24) is 18.9 Å². The standard InChI is InChI=1S/C23H23N7O6S/c1-36-22(31)15-28(37(34,35)20-8-3-2-7-19(20)30(32)33)12-10-25-21-9-11-29-23(27-21)18(14-26-29)16-5-4-6-17(24)13-16/h2-9,11,13-14H,10,12,15,24H2,1H3,(H,25,27). The molecule has 4 rings (SSSR count). The predicted molar refractivity (Wildman–Crippen MR) is 135 cm³/mol. The first-order chi connectivity index (χ1) is 17.7. The van der Waals surface area contributed by atoms with E-state index in [0.29, 0.717) is 17.2 Å². The van der Waals surface area contributed by atoms with E-state index >= 15 is 0 Å². The van der Waals surface area contributed by atoms with Gasteiger partial charge < -0.3 is 15.8 Å². The molecular weight excluding hydrogens is 502 g/mol. The molecule has 4 aromatic rings. The van der Waals surface area contributed by atoms with Gasteiger partial charge in [-0.15, -0.1) is 0 Å². The summed E-state index contributed by atoms with van der Waals surface area (Å²) in [6.07, 6.45) is 3.36. The smallest absolute Gasteiger partial charge is 0.321 e. The fraction of sp³-hybridized carbons (Fsp3) is 0.174. The molecule has 0 atom stereocenters. The van der Waals surface area contributed by atoms with Crippen LogP contribution >= 0.6 is 0 Å². The highest BCUT2D eigenvalue weighted by Crippen LogP contribution is 2.27. The number of nitrogens with one attached hydrogen (secondary N) is 1. The zero-order chi connectivity index (χ0) is 26.6. The summed E-state index contributed by atoms with van der Waals surface area (Å²) in [7, 11) is -3.28. The number of carbonyl (C=O) groups excluding carboxylic acids is 1. The monoisotopic (exact) mass is 525 g/mol. The van der Waals surface area contributed by atoms with Crippen molar-refractivity contribution >= 4 is 38.8 Å². The molecule has 0 saturated carbocycles. The Morgan fingerprint density at radius 3 is 2.73 bits per heavy atom. The summed E-state index contributed by atoms with van der Waals surface area (Å²) in [6.45, 7) is -0.777. The van der Waals surface area contributed by atoms with Crippen molar-refractivity contribution in [3.05, 3.63) is 77.1 Å². The SMILES string of the molecule is COC(=O)CN(CCNc1ccn2ncc(-c3cccc(N)c3)c2n1)S(=O)(=O)c1ccccc1[N+](=O)[O-]. The summed E-state index contributed by atoms with van der Waals surface area (Å²) in [4.78, 5) is 26.6. The third kappa shape index (κ3) is 5.49. The van der Waals surface area contributed by atoms with Crippen LogP contribution in [-0.4, -0.2) is 65.0 Å². The molecule has 2 heterocycles. The topological polar surface area (TPSA) is 175 Å². The number of methoxy groups -OCH3 is 1. The molecule has 2 aromatic heterocycles. The number of rotatable bonds is 10. The maximum absolute atomic E-state index is 13.3. The molecule has 0 spiro atoms. The molecule has 37 heavy (non-hydrogen) atoms. The Labute approximate surface area is 211 Å². The fourth-order valence-electron chi connectivity index (χ4n) is 3.64. The third-order valence-electron chi connectivity index (χ3n) is 5.45. The molecule has 0 amide bonds. The molecule has 0 saturated heterocycles. The van der Waals surface area contributed by atoms with Gasteiger partial charge in [-0.2, -0.15) is 9.40 Å². The van der Waals surface area contributed by atoms with E-state index in [0.717, 1.165) is 34.7 Å². The summed E-state index contributed by atoms with van der Waals surface area (Å²) in [5.41, 5.74) is 8.04. The number of nitro benzene ring substituents is 1. The third-order valence-corrected chi connectivity index (χ3v) is 7.34. The van der Waals surface area contributed by atoms with Gasteiger partial charge in [-0.25, -0.2) is 17.9 Å². The van der Waals surface area contributed by atoms with Crippen LogP contribution in [0.4, 0.5) is 17.2 Å². The average Bonchev–Trinajstić information content (AvgIpc) is 3.31. The molecule has 13 nitrogen and oxygen atoms in total. The van der Waals surface area contributed by atoms with Crippen LogP contribution in [0.5, 0.6) is 0 Å². The van der Waals surface area contributed by atoms with Crippen LogP contribution in [0.3, 0.4) is 0 Å². The largest absolute Gasteiger partial charge is 0.468 e. The van der Waals surface area contributed by atoms with Crippen LogP contribution in [-0.2, 0) is 19.6 Å². The van der Waals surface area contributed by atoms with Crippen LogP contribution in [0, 0.1) is 10.1 Å². The van der Waals surface area contributed by atoms with Gasteiger partial charge in [0.15, 0.2) is 10.5 Å². The van der Waals surface area contributed by atoms with Crippen molar-refractivity contribution in [1.29, 1.82) is 0 Å². The molecule has 0 unspecified atom stereocenters. The number of carbonyl (C=O) groups is 1. The van der Waals surface area contributed by atoms with Gasteiger partial charge in [-0.1, -0.05) is 24.3 Å². The molecule has 0 aliphatic heterocycles. The van der Waals surface area contributed by atoms with E-state index in [4.69, 9.17) is 5.73 Å². The number of benzene rings is 2. The van der Waals surface area contributed by atoms with E-state index < -0.39 is 38.0 Å². The Balaban J connectivity index is 1.57.